The molecule has 1 aliphatic rings. The highest BCUT2D eigenvalue weighted by Crippen LogP contribution is 2.31. The van der Waals surface area contributed by atoms with Gasteiger partial charge < -0.3 is 19.3 Å². The number of carbonyl (C=O) groups excluding carboxylic acids is 1. The van der Waals surface area contributed by atoms with Crippen molar-refractivity contribution >= 4 is 44.1 Å². The largest absolute Gasteiger partial charge is 0.494 e. The molecule has 2 aromatic carbocycles. The predicted molar refractivity (Wildman–Crippen MR) is 193 cm³/mol. The van der Waals surface area contributed by atoms with E-state index < -0.39 is 0 Å². The van der Waals surface area contributed by atoms with Gasteiger partial charge in [-0.15, -0.1) is 11.3 Å². The Morgan fingerprint density at radius 2 is 1.61 bits per heavy atom. The van der Waals surface area contributed by atoms with Crippen LogP contribution in [-0.2, 0) is 0 Å². The van der Waals surface area contributed by atoms with Gasteiger partial charge in [0.1, 0.15) is 5.75 Å². The lowest BCUT2D eigenvalue weighted by molar-refractivity contribution is 0.148. The van der Waals surface area contributed by atoms with E-state index in [4.69, 9.17) is 9.47 Å². The van der Waals surface area contributed by atoms with Crippen LogP contribution in [0.5, 0.6) is 11.6 Å². The molecule has 4 aromatic rings. The average molecular weight is 645 g/mol. The van der Waals surface area contributed by atoms with E-state index >= 15 is 0 Å². The van der Waals surface area contributed by atoms with Gasteiger partial charge in [-0.3, -0.25) is 4.90 Å². The zero-order valence-electron chi connectivity index (χ0n) is 27.9. The minimum Gasteiger partial charge on any atom is -0.494 e. The molecule has 2 aromatic heterocycles. The van der Waals surface area contributed by atoms with Crippen LogP contribution in [0.3, 0.4) is 0 Å². The number of unbranched alkanes of at least 4 members (excludes halogenated alkanes) is 7. The van der Waals surface area contributed by atoms with Crippen molar-refractivity contribution in [1.82, 2.24) is 14.8 Å². The summed E-state index contributed by atoms with van der Waals surface area (Å²) in [6.07, 6.45) is 10.9. The summed E-state index contributed by atoms with van der Waals surface area (Å²) in [6, 6.07) is 18.6. The van der Waals surface area contributed by atoms with Crippen molar-refractivity contribution in [3.8, 4) is 11.6 Å². The fourth-order valence-corrected chi connectivity index (χ4v) is 7.03. The number of aromatic nitrogens is 1. The van der Waals surface area contributed by atoms with Crippen molar-refractivity contribution in [3.05, 3.63) is 60.0 Å². The summed E-state index contributed by atoms with van der Waals surface area (Å²) in [4.78, 5) is 24.7. The van der Waals surface area contributed by atoms with E-state index in [-0.39, 0.29) is 6.09 Å². The van der Waals surface area contributed by atoms with Crippen LogP contribution in [0.4, 0.5) is 10.5 Å². The lowest BCUT2D eigenvalue weighted by atomic mass is 10.2. The van der Waals surface area contributed by atoms with Crippen molar-refractivity contribution in [2.24, 2.45) is 0 Å². The second-order valence-corrected chi connectivity index (χ2v) is 13.4. The smallest absolute Gasteiger partial charge is 0.416 e. The molecule has 5 rings (SSSR count). The number of hydrogen-bond donors (Lipinski definition) is 0. The summed E-state index contributed by atoms with van der Waals surface area (Å²) in [5, 5.41) is 4.57. The molecule has 0 saturated carbocycles. The molecule has 0 atom stereocenters. The molecule has 1 fully saturated rings. The van der Waals surface area contributed by atoms with Crippen LogP contribution in [0.25, 0.3) is 21.0 Å². The van der Waals surface area contributed by atoms with Gasteiger partial charge in [0, 0.05) is 72.6 Å². The Hall–Kier alpha value is -3.36. The maximum absolute atomic E-state index is 13.1. The van der Waals surface area contributed by atoms with Gasteiger partial charge in [0.15, 0.2) is 0 Å². The van der Waals surface area contributed by atoms with E-state index in [9.17, 15) is 4.79 Å². The number of benzene rings is 2. The predicted octanol–water partition coefficient (Wildman–Crippen LogP) is 9.39. The Balaban J connectivity index is 1.05. The van der Waals surface area contributed by atoms with E-state index in [1.807, 2.05) is 40.5 Å². The van der Waals surface area contributed by atoms with Gasteiger partial charge in [-0.25, -0.2) is 9.78 Å². The number of nitrogens with zero attached hydrogens (tertiary/aromatic N) is 4. The summed E-state index contributed by atoms with van der Waals surface area (Å²) >= 11 is 1.82. The minimum absolute atomic E-state index is 0.298. The van der Waals surface area contributed by atoms with Crippen LogP contribution < -0.4 is 14.4 Å². The number of fused-ring (bicyclic) bond motifs is 2. The molecular weight excluding hydrogens is 593 g/mol. The first-order valence-corrected chi connectivity index (χ1v) is 18.5. The number of carbonyl (C=O) groups is 1. The number of thiophene rings is 1. The number of anilines is 1. The van der Waals surface area contributed by atoms with Crippen molar-refractivity contribution in [1.29, 1.82) is 0 Å². The molecular formula is C38H52N4O3S. The van der Waals surface area contributed by atoms with Gasteiger partial charge in [0.25, 0.3) is 0 Å². The van der Waals surface area contributed by atoms with Crippen molar-refractivity contribution in [2.45, 2.75) is 78.1 Å². The lowest BCUT2D eigenvalue weighted by Crippen LogP contribution is -2.46. The van der Waals surface area contributed by atoms with Crippen LogP contribution in [0.1, 0.15) is 78.1 Å². The Bertz CT molecular complexity index is 1490. The molecule has 0 unspecified atom stereocenters. The SMILES string of the molecule is CCCCCCN(CCCCCC)C(=O)Oc1ccc2ccc(OCCCCN3CCN(c4cccc5sccc45)CC3)cc2n1. The molecule has 0 aliphatic carbocycles. The maximum atomic E-state index is 13.1. The third kappa shape index (κ3) is 9.82. The molecule has 7 nitrogen and oxygen atoms in total. The second-order valence-electron chi connectivity index (χ2n) is 12.5. The first kappa shape index (κ1) is 34.0. The Morgan fingerprint density at radius 3 is 2.37 bits per heavy atom. The van der Waals surface area contributed by atoms with Gasteiger partial charge in [-0.2, -0.15) is 0 Å². The van der Waals surface area contributed by atoms with E-state index in [1.54, 1.807) is 6.07 Å². The molecule has 1 aliphatic heterocycles. The molecule has 0 N–H and O–H groups in total. The number of pyridine rings is 1. The van der Waals surface area contributed by atoms with Gasteiger partial charge in [0.2, 0.25) is 5.88 Å². The molecule has 3 heterocycles. The molecule has 0 radical (unpaired) electrons. The average Bonchev–Trinajstić information content (AvgIpc) is 3.57. The summed E-state index contributed by atoms with van der Waals surface area (Å²) in [5.41, 5.74) is 2.15. The van der Waals surface area contributed by atoms with Gasteiger partial charge in [0.05, 0.1) is 12.1 Å². The van der Waals surface area contributed by atoms with E-state index in [1.165, 1.54) is 41.5 Å². The number of rotatable bonds is 18. The third-order valence-electron chi connectivity index (χ3n) is 8.97. The van der Waals surface area contributed by atoms with Crippen LogP contribution in [0.2, 0.25) is 0 Å². The third-order valence-corrected chi connectivity index (χ3v) is 9.86. The molecule has 1 amide bonds. The summed E-state index contributed by atoms with van der Waals surface area (Å²) in [6.45, 7) is 12.0. The van der Waals surface area contributed by atoms with E-state index in [2.05, 4.69) is 58.3 Å². The quantitative estimate of drug-likeness (QED) is 0.101. The Labute approximate surface area is 279 Å². The highest BCUT2D eigenvalue weighted by Gasteiger charge is 2.19. The van der Waals surface area contributed by atoms with Gasteiger partial charge in [-0.1, -0.05) is 58.4 Å². The van der Waals surface area contributed by atoms with Crippen molar-refractivity contribution in [3.63, 3.8) is 0 Å². The van der Waals surface area contributed by atoms with Crippen LogP contribution in [-0.4, -0.2) is 73.3 Å². The van der Waals surface area contributed by atoms with Gasteiger partial charge >= 0.3 is 6.09 Å². The topological polar surface area (TPSA) is 58.1 Å². The number of ether oxygens (including phenoxy) is 2. The molecule has 8 heteroatoms. The lowest BCUT2D eigenvalue weighted by Gasteiger charge is -2.36. The highest BCUT2D eigenvalue weighted by molar-refractivity contribution is 7.17. The molecule has 46 heavy (non-hydrogen) atoms. The standard InChI is InChI=1S/C38H52N4O3S/c1-3-5-7-9-22-42(23-10-8-6-4-2)38(43)45-37-19-17-31-16-18-32(30-34(31)39-37)44-28-12-11-21-40-24-26-41(27-25-40)35-14-13-15-36-33(35)20-29-46-36/h13-20,29-30H,3-12,21-28H2,1-2H3. The normalized spacial score (nSPS) is 13.8. The number of amides is 1. The first-order valence-electron chi connectivity index (χ1n) is 17.6. The van der Waals surface area contributed by atoms with E-state index in [0.29, 0.717) is 12.5 Å². The highest BCUT2D eigenvalue weighted by atomic mass is 32.1. The fraction of sp³-hybridized carbons (Fsp3) is 0.526. The van der Waals surface area contributed by atoms with Crippen LogP contribution in [0, 0.1) is 0 Å². The fourth-order valence-electron chi connectivity index (χ4n) is 6.23. The van der Waals surface area contributed by atoms with Crippen molar-refractivity contribution < 1.29 is 14.3 Å². The summed E-state index contributed by atoms with van der Waals surface area (Å²) in [5.74, 6) is 1.14. The second kappa shape index (κ2) is 18.1. The first-order chi connectivity index (χ1) is 22.6. The summed E-state index contributed by atoms with van der Waals surface area (Å²) in [7, 11) is 0. The zero-order valence-corrected chi connectivity index (χ0v) is 28.7. The zero-order chi connectivity index (χ0) is 32.0. The van der Waals surface area contributed by atoms with Gasteiger partial charge in [-0.05, 0) is 74.0 Å². The monoisotopic (exact) mass is 644 g/mol. The van der Waals surface area contributed by atoms with Crippen LogP contribution >= 0.6 is 11.3 Å². The molecule has 248 valence electrons. The Morgan fingerprint density at radius 1 is 0.848 bits per heavy atom. The summed E-state index contributed by atoms with van der Waals surface area (Å²) < 4.78 is 13.3. The minimum atomic E-state index is -0.298. The number of hydrogen-bond acceptors (Lipinski definition) is 7. The van der Waals surface area contributed by atoms with Crippen molar-refractivity contribution in [2.75, 3.05) is 57.3 Å². The van der Waals surface area contributed by atoms with E-state index in [0.717, 1.165) is 101 Å². The maximum Gasteiger partial charge on any atom is 0.416 e. The van der Waals surface area contributed by atoms with Crippen LogP contribution in [0.15, 0.2) is 60.0 Å². The molecule has 0 spiro atoms. The number of piperazine rings is 1. The Kier molecular flexibility index (Phi) is 13.4. The molecule has 0 bridgehead atoms. The molecule has 1 saturated heterocycles.